The van der Waals surface area contributed by atoms with Crippen molar-refractivity contribution < 1.29 is 0 Å². The molecule has 0 saturated carbocycles. The highest BCUT2D eigenvalue weighted by Gasteiger charge is 2.10. The lowest BCUT2D eigenvalue weighted by molar-refractivity contribution is 0.726. The van der Waals surface area contributed by atoms with Gasteiger partial charge in [-0.1, -0.05) is 6.07 Å². The Kier molecular flexibility index (Phi) is 2.59. The smallest absolute Gasteiger partial charge is 0.101 e. The van der Waals surface area contributed by atoms with Gasteiger partial charge in [0.2, 0.25) is 0 Å². The van der Waals surface area contributed by atoms with Crippen molar-refractivity contribution in [2.24, 2.45) is 0 Å². The number of aromatic nitrogens is 6. The van der Waals surface area contributed by atoms with Crippen LogP contribution in [0.4, 0.5) is 0 Å². The molecule has 0 fully saturated rings. The van der Waals surface area contributed by atoms with Gasteiger partial charge in [0, 0.05) is 0 Å². The van der Waals surface area contributed by atoms with Gasteiger partial charge >= 0.3 is 0 Å². The normalized spacial score (nSPS) is 10.6. The van der Waals surface area contributed by atoms with Crippen molar-refractivity contribution >= 4 is 22.6 Å². The maximum Gasteiger partial charge on any atom is 0.101 e. The SMILES string of the molecule is Ic1c(-n2nccn2)cccc1-n1nccn1. The summed E-state index contributed by atoms with van der Waals surface area (Å²) >= 11 is 2.24. The van der Waals surface area contributed by atoms with E-state index >= 15 is 0 Å². The molecule has 3 aromatic rings. The molecule has 2 heterocycles. The van der Waals surface area contributed by atoms with Crippen LogP contribution in [0.5, 0.6) is 0 Å². The van der Waals surface area contributed by atoms with Crippen molar-refractivity contribution in [2.45, 2.75) is 0 Å². The maximum atomic E-state index is 4.12. The third-order valence-electron chi connectivity index (χ3n) is 2.23. The fourth-order valence-electron chi connectivity index (χ4n) is 1.50. The molecule has 0 saturated heterocycles. The average molecular weight is 338 g/mol. The Morgan fingerprint density at radius 3 is 1.59 bits per heavy atom. The summed E-state index contributed by atoms with van der Waals surface area (Å²) < 4.78 is 0.998. The molecule has 6 nitrogen and oxygen atoms in total. The van der Waals surface area contributed by atoms with Crippen LogP contribution in [-0.2, 0) is 0 Å². The number of halogens is 1. The highest BCUT2D eigenvalue weighted by Crippen LogP contribution is 2.21. The van der Waals surface area contributed by atoms with Crippen molar-refractivity contribution in [3.05, 3.63) is 46.6 Å². The summed E-state index contributed by atoms with van der Waals surface area (Å²) in [6.45, 7) is 0. The van der Waals surface area contributed by atoms with Crippen LogP contribution in [0.3, 0.4) is 0 Å². The van der Waals surface area contributed by atoms with E-state index in [-0.39, 0.29) is 0 Å². The van der Waals surface area contributed by atoms with Crippen LogP contribution in [-0.4, -0.2) is 30.0 Å². The molecular formula is C10H7IN6. The Balaban J connectivity index is 2.17. The summed E-state index contributed by atoms with van der Waals surface area (Å²) in [5, 5.41) is 16.5. The Labute approximate surface area is 110 Å². The van der Waals surface area contributed by atoms with E-state index in [1.165, 1.54) is 0 Å². The van der Waals surface area contributed by atoms with Crippen LogP contribution in [0, 0.1) is 3.57 Å². The minimum Gasteiger partial charge on any atom is -0.157 e. The predicted molar refractivity (Wildman–Crippen MR) is 69.0 cm³/mol. The van der Waals surface area contributed by atoms with E-state index < -0.39 is 0 Å². The van der Waals surface area contributed by atoms with Gasteiger partial charge in [-0.3, -0.25) is 0 Å². The van der Waals surface area contributed by atoms with Gasteiger partial charge in [-0.15, -0.1) is 0 Å². The van der Waals surface area contributed by atoms with E-state index in [0.29, 0.717) is 0 Å². The first-order valence-electron chi connectivity index (χ1n) is 4.88. The highest BCUT2D eigenvalue weighted by atomic mass is 127. The van der Waals surface area contributed by atoms with Crippen LogP contribution in [0.25, 0.3) is 11.4 Å². The van der Waals surface area contributed by atoms with Gasteiger partial charge in [-0.2, -0.15) is 30.0 Å². The summed E-state index contributed by atoms with van der Waals surface area (Å²) in [7, 11) is 0. The van der Waals surface area contributed by atoms with Gasteiger partial charge < -0.3 is 0 Å². The number of hydrogen-bond donors (Lipinski definition) is 0. The molecule has 0 aliphatic heterocycles. The zero-order valence-electron chi connectivity index (χ0n) is 8.60. The average Bonchev–Trinajstić information content (AvgIpc) is 3.02. The standard InChI is InChI=1S/C10H7IN6/c11-10-8(16-12-4-5-13-16)2-1-3-9(10)17-14-6-7-15-17/h1-7H. The first-order valence-corrected chi connectivity index (χ1v) is 5.96. The molecule has 0 radical (unpaired) electrons. The molecule has 0 spiro atoms. The van der Waals surface area contributed by atoms with E-state index in [0.717, 1.165) is 14.9 Å². The number of nitrogens with zero attached hydrogens (tertiary/aromatic N) is 6. The van der Waals surface area contributed by atoms with Crippen LogP contribution < -0.4 is 0 Å². The molecule has 84 valence electrons. The lowest BCUT2D eigenvalue weighted by atomic mass is 10.3. The zero-order valence-corrected chi connectivity index (χ0v) is 10.8. The molecule has 0 amide bonds. The Morgan fingerprint density at radius 1 is 0.765 bits per heavy atom. The fourth-order valence-corrected chi connectivity index (χ4v) is 2.29. The zero-order chi connectivity index (χ0) is 11.7. The summed E-state index contributed by atoms with van der Waals surface area (Å²) in [6, 6.07) is 5.84. The van der Waals surface area contributed by atoms with Gasteiger partial charge in [-0.25, -0.2) is 0 Å². The Morgan fingerprint density at radius 2 is 1.18 bits per heavy atom. The molecular weight excluding hydrogens is 331 g/mol. The minimum absolute atomic E-state index is 0.908. The van der Waals surface area contributed by atoms with E-state index in [1.54, 1.807) is 34.4 Å². The first-order chi connectivity index (χ1) is 8.36. The molecule has 0 N–H and O–H groups in total. The molecule has 7 heteroatoms. The second-order valence-electron chi connectivity index (χ2n) is 3.25. The van der Waals surface area contributed by atoms with Gasteiger partial charge in [-0.05, 0) is 34.7 Å². The molecule has 0 aliphatic carbocycles. The van der Waals surface area contributed by atoms with E-state index in [1.807, 2.05) is 18.2 Å². The van der Waals surface area contributed by atoms with Crippen molar-refractivity contribution in [2.75, 3.05) is 0 Å². The van der Waals surface area contributed by atoms with Crippen molar-refractivity contribution in [3.63, 3.8) is 0 Å². The molecule has 17 heavy (non-hydrogen) atoms. The molecule has 1 aromatic carbocycles. The monoisotopic (exact) mass is 338 g/mol. The third kappa shape index (κ3) is 1.82. The van der Waals surface area contributed by atoms with Crippen molar-refractivity contribution in [1.29, 1.82) is 0 Å². The Hall–Kier alpha value is -1.77. The van der Waals surface area contributed by atoms with Crippen molar-refractivity contribution in [1.82, 2.24) is 30.0 Å². The first kappa shape index (κ1) is 10.4. The van der Waals surface area contributed by atoms with Crippen LogP contribution in [0.1, 0.15) is 0 Å². The van der Waals surface area contributed by atoms with Gasteiger partial charge in [0.1, 0.15) is 11.4 Å². The fraction of sp³-hybridized carbons (Fsp3) is 0. The van der Waals surface area contributed by atoms with Crippen LogP contribution in [0.2, 0.25) is 0 Å². The number of benzene rings is 1. The van der Waals surface area contributed by atoms with Gasteiger partial charge in [0.25, 0.3) is 0 Å². The lowest BCUT2D eigenvalue weighted by Crippen LogP contribution is -2.06. The highest BCUT2D eigenvalue weighted by molar-refractivity contribution is 14.1. The molecule has 0 atom stereocenters. The maximum absolute atomic E-state index is 4.12. The minimum atomic E-state index is 0.908. The molecule has 0 aliphatic rings. The topological polar surface area (TPSA) is 61.4 Å². The van der Waals surface area contributed by atoms with E-state index in [2.05, 4.69) is 43.0 Å². The third-order valence-corrected chi connectivity index (χ3v) is 3.33. The molecule has 0 unspecified atom stereocenters. The summed E-state index contributed by atoms with van der Waals surface area (Å²) in [5.74, 6) is 0. The largest absolute Gasteiger partial charge is 0.157 e. The second-order valence-corrected chi connectivity index (χ2v) is 4.33. The van der Waals surface area contributed by atoms with Gasteiger partial charge in [0.15, 0.2) is 0 Å². The van der Waals surface area contributed by atoms with Crippen LogP contribution >= 0.6 is 22.6 Å². The lowest BCUT2D eigenvalue weighted by Gasteiger charge is -2.07. The summed E-state index contributed by atoms with van der Waals surface area (Å²) in [6.07, 6.45) is 6.59. The Bertz CT molecular complexity index is 564. The second kappa shape index (κ2) is 4.24. The molecule has 2 aromatic heterocycles. The number of hydrogen-bond acceptors (Lipinski definition) is 4. The quantitative estimate of drug-likeness (QED) is 0.664. The van der Waals surface area contributed by atoms with E-state index in [4.69, 9.17) is 0 Å². The van der Waals surface area contributed by atoms with E-state index in [9.17, 15) is 0 Å². The molecule has 3 rings (SSSR count). The summed E-state index contributed by atoms with van der Waals surface area (Å²) in [5.41, 5.74) is 1.82. The van der Waals surface area contributed by atoms with Gasteiger partial charge in [0.05, 0.1) is 28.4 Å². The van der Waals surface area contributed by atoms with Crippen LogP contribution in [0.15, 0.2) is 43.0 Å². The summed E-state index contributed by atoms with van der Waals surface area (Å²) in [4.78, 5) is 3.16. The molecule has 0 bridgehead atoms. The number of rotatable bonds is 2. The van der Waals surface area contributed by atoms with Crippen molar-refractivity contribution in [3.8, 4) is 11.4 Å². The predicted octanol–water partition coefficient (Wildman–Crippen LogP) is 1.45.